The molecule has 6 rings (SSSR count). The van der Waals surface area contributed by atoms with Gasteiger partial charge < -0.3 is 31.1 Å². The summed E-state index contributed by atoms with van der Waals surface area (Å²) in [5.74, 6) is -5.15. The molecule has 3 aliphatic rings. The molecule has 68 heavy (non-hydrogen) atoms. The molecule has 0 aromatic carbocycles. The van der Waals surface area contributed by atoms with Gasteiger partial charge in [0, 0.05) is 60.7 Å². The third-order valence-electron chi connectivity index (χ3n) is 14.1. The Morgan fingerprint density at radius 3 is 2.31 bits per heavy atom. The van der Waals surface area contributed by atoms with Gasteiger partial charge in [-0.25, -0.2) is 4.98 Å². The van der Waals surface area contributed by atoms with Crippen LogP contribution in [0.3, 0.4) is 0 Å². The van der Waals surface area contributed by atoms with Crippen molar-refractivity contribution in [3.63, 3.8) is 0 Å². The van der Waals surface area contributed by atoms with Crippen molar-refractivity contribution in [2.24, 2.45) is 45.6 Å². The zero-order chi connectivity index (χ0) is 50.0. The minimum Gasteiger partial charge on any atom is -0.468 e. The van der Waals surface area contributed by atoms with Crippen LogP contribution in [0.4, 0.5) is 5.95 Å². The Balaban J connectivity index is 1.33. The number of H-pyrrole nitrogens is 2. The van der Waals surface area contributed by atoms with Gasteiger partial charge in [-0.1, -0.05) is 32.9 Å². The molecular weight excluding hydrogens is 867 g/mol. The molecule has 6 N–H and O–H groups in total. The van der Waals surface area contributed by atoms with Gasteiger partial charge in [0.25, 0.3) is 11.9 Å². The van der Waals surface area contributed by atoms with E-state index < -0.39 is 41.6 Å². The molecule has 3 aromatic rings. The summed E-state index contributed by atoms with van der Waals surface area (Å²) in [6.07, 6.45) is 8.91. The predicted octanol–water partition coefficient (Wildman–Crippen LogP) is 5.91. The number of rotatable bonds is 14. The number of imidazole rings is 1. The Bertz CT molecular complexity index is 2900. The Morgan fingerprint density at radius 1 is 0.985 bits per heavy atom. The second-order valence-electron chi connectivity index (χ2n) is 18.2. The van der Waals surface area contributed by atoms with Crippen molar-refractivity contribution in [3.05, 3.63) is 90.7 Å². The monoisotopic (exact) mass is 929 g/mol. The van der Waals surface area contributed by atoms with E-state index >= 15 is 0 Å². The number of amides is 3. The molecule has 6 bridgehead atoms. The summed E-state index contributed by atoms with van der Waals surface area (Å²) >= 11 is 0. The molecule has 0 radical (unpaired) electrons. The number of nitrogens with one attached hydrogen (secondary N) is 4. The first-order chi connectivity index (χ1) is 32.2. The molecule has 1 aliphatic heterocycles. The van der Waals surface area contributed by atoms with Gasteiger partial charge in [-0.3, -0.25) is 38.1 Å². The van der Waals surface area contributed by atoms with Gasteiger partial charge in [0.15, 0.2) is 11.6 Å². The highest BCUT2D eigenvalue weighted by Crippen LogP contribution is 2.48. The number of carbonyl (C=O) groups is 7. The van der Waals surface area contributed by atoms with E-state index in [1.807, 2.05) is 33.8 Å². The lowest BCUT2D eigenvalue weighted by molar-refractivity contribution is -0.141. The number of esters is 1. The number of carbonyl (C=O) groups excluding carboxylic acids is 7. The summed E-state index contributed by atoms with van der Waals surface area (Å²) < 4.78 is 6.32. The highest BCUT2D eigenvalue weighted by atomic mass is 16.5. The minimum atomic E-state index is -1.22. The molecule has 0 saturated carbocycles. The molecule has 17 nitrogen and oxygen atoms in total. The Morgan fingerprint density at radius 2 is 1.69 bits per heavy atom. The zero-order valence-corrected chi connectivity index (χ0v) is 40.9. The Labute approximate surface area is 395 Å². The van der Waals surface area contributed by atoms with Crippen LogP contribution in [0.25, 0.3) is 23.8 Å². The first-order valence-corrected chi connectivity index (χ1v) is 23.0. The average molecular weight is 930 g/mol. The van der Waals surface area contributed by atoms with Crippen molar-refractivity contribution in [2.45, 2.75) is 100 Å². The number of azo groups is 1. The van der Waals surface area contributed by atoms with Gasteiger partial charge in [0.2, 0.25) is 17.7 Å². The number of hydrogen-bond donors (Lipinski definition) is 5. The molecule has 0 fully saturated rings. The molecule has 0 spiro atoms. The van der Waals surface area contributed by atoms with Gasteiger partial charge in [-0.05, 0) is 141 Å². The first-order valence-electron chi connectivity index (χ1n) is 23.0. The zero-order valence-electron chi connectivity index (χ0n) is 40.9. The molecular formula is C51H63N9O8. The molecule has 360 valence electrons. The maximum Gasteiger partial charge on any atom is 0.321 e. The molecule has 2 aliphatic carbocycles. The van der Waals surface area contributed by atoms with Crippen molar-refractivity contribution in [1.82, 2.24) is 30.2 Å². The quantitative estimate of drug-likeness (QED) is 0.0423. The van der Waals surface area contributed by atoms with Gasteiger partial charge in [-0.15, -0.1) is 5.11 Å². The Kier molecular flexibility index (Phi) is 15.1. The van der Waals surface area contributed by atoms with Crippen LogP contribution in [-0.4, -0.2) is 87.4 Å². The third kappa shape index (κ3) is 9.56. The number of ketones is 2. The Hall–Kier alpha value is -7.04. The first kappa shape index (κ1) is 50.4. The molecule has 3 aromatic heterocycles. The standard InChI is InChI=1S/C51H63N9O8/c1-13-32-25(4)34-20-39-42(30(9)61)28(7)37(55-39)19-23(2)24(3)33(27(6)43-45(50(67)68-12)47(64)44-29(8)38(56-46(43)44)21-35(32)26(34)5)16-17-41(63)54-18-14-15-36(48(52)65)57-49(66)40-22-60(31(10)62)51(58-40)59-53-11/h19-22,24-25,32-33,36,45,55-56H,2,13-18H2,1,3-12H3,(H2,52,65)(H,54,63)(H,57,66)/b35-21+,37-19-,39-20-,43-27+,59-53?/t24-,25-,32-,33+,36?,45?/m0/s1. The van der Waals surface area contributed by atoms with E-state index in [1.54, 1.807) is 6.92 Å². The van der Waals surface area contributed by atoms with Crippen LogP contribution in [0.15, 0.2) is 50.9 Å². The fourth-order valence-electron chi connectivity index (χ4n) is 10.3. The predicted molar refractivity (Wildman–Crippen MR) is 258 cm³/mol. The number of fused-ring (bicyclic) bond motifs is 4. The molecule has 6 atom stereocenters. The summed E-state index contributed by atoms with van der Waals surface area (Å²) in [6.45, 7) is 21.7. The van der Waals surface area contributed by atoms with Crippen LogP contribution in [-0.2, 0) is 19.1 Å². The number of primary amides is 1. The van der Waals surface area contributed by atoms with Crippen LogP contribution in [0.5, 0.6) is 0 Å². The van der Waals surface area contributed by atoms with E-state index in [9.17, 15) is 33.6 Å². The third-order valence-corrected chi connectivity index (χ3v) is 14.1. The summed E-state index contributed by atoms with van der Waals surface area (Å²) in [5, 5.41) is 14.3. The fourth-order valence-corrected chi connectivity index (χ4v) is 10.3. The van der Waals surface area contributed by atoms with Gasteiger partial charge >= 0.3 is 5.97 Å². The van der Waals surface area contributed by atoms with Crippen molar-refractivity contribution in [1.29, 1.82) is 0 Å². The number of nitrogens with zero attached hydrogens (tertiary/aromatic N) is 4. The normalized spacial score (nSPS) is 23.6. The number of aromatic nitrogens is 4. The molecule has 3 amide bonds. The average Bonchev–Trinajstić information content (AvgIpc) is 4.06. The second kappa shape index (κ2) is 20.4. The lowest BCUT2D eigenvalue weighted by Crippen LogP contribution is -2.45. The molecule has 17 heteroatoms. The lowest BCUT2D eigenvalue weighted by Gasteiger charge is -2.28. The largest absolute Gasteiger partial charge is 0.468 e. The van der Waals surface area contributed by atoms with Crippen LogP contribution >= 0.6 is 0 Å². The molecule has 2 unspecified atom stereocenters. The van der Waals surface area contributed by atoms with Crippen molar-refractivity contribution in [3.8, 4) is 0 Å². The number of nitrogens with two attached hydrogens (primary N) is 1. The van der Waals surface area contributed by atoms with E-state index in [-0.39, 0.29) is 72.7 Å². The maximum atomic E-state index is 14.5. The summed E-state index contributed by atoms with van der Waals surface area (Å²) in [5.41, 5.74) is 14.6. The highest BCUT2D eigenvalue weighted by Gasteiger charge is 2.46. The van der Waals surface area contributed by atoms with E-state index in [0.29, 0.717) is 34.4 Å². The van der Waals surface area contributed by atoms with Crippen LogP contribution in [0, 0.1) is 43.4 Å². The number of aromatic amines is 2. The number of hydrogen-bond acceptors (Lipinski definition) is 11. The van der Waals surface area contributed by atoms with Crippen LogP contribution in [0.1, 0.15) is 139 Å². The van der Waals surface area contributed by atoms with Crippen LogP contribution < -0.4 is 27.1 Å². The van der Waals surface area contributed by atoms with Gasteiger partial charge in [-0.2, -0.15) is 5.11 Å². The summed E-state index contributed by atoms with van der Waals surface area (Å²) in [7, 11) is 2.65. The van der Waals surface area contributed by atoms with E-state index in [0.717, 1.165) is 60.8 Å². The number of Topliss-reactive ketones (excluding diaryl/α,β-unsaturated/α-hetero) is 2. The smallest absolute Gasteiger partial charge is 0.321 e. The van der Waals surface area contributed by atoms with Crippen molar-refractivity contribution < 1.29 is 38.3 Å². The lowest BCUT2D eigenvalue weighted by atomic mass is 9.76. The topological polar surface area (TPSA) is 253 Å². The van der Waals surface area contributed by atoms with Crippen LogP contribution in [0.2, 0.25) is 0 Å². The van der Waals surface area contributed by atoms with E-state index in [4.69, 9.17) is 10.5 Å². The molecule has 4 heterocycles. The number of methoxy groups -OCH3 is 1. The number of ether oxygens (including phenoxy) is 1. The summed E-state index contributed by atoms with van der Waals surface area (Å²) in [6, 6.07) is -1.11. The van der Waals surface area contributed by atoms with Gasteiger partial charge in [0.05, 0.1) is 12.8 Å². The van der Waals surface area contributed by atoms with E-state index in [2.05, 4.69) is 75.3 Å². The minimum absolute atomic E-state index is 0.0450. The van der Waals surface area contributed by atoms with Gasteiger partial charge in [0.1, 0.15) is 17.7 Å². The molecule has 0 saturated heterocycles. The van der Waals surface area contributed by atoms with Crippen molar-refractivity contribution >= 4 is 70.9 Å². The highest BCUT2D eigenvalue weighted by molar-refractivity contribution is 6.24. The summed E-state index contributed by atoms with van der Waals surface area (Å²) in [4.78, 5) is 104. The fraction of sp³-hybridized carbons (Fsp3) is 0.451. The number of allylic oxidation sites excluding steroid dienone is 5. The SMILES string of the molecule is C=C1/C=c2\[nH]/c(c(C(C)=O)c2C)=C\C2=C(C)C(=C\c3[nH]c4c(c3C)C(=O)C(C(=O)OC)/C4=C(/C)[C@H](CCC(=O)NCCCC(NC(=O)c3cn(C(C)=O)c(N=NC)n3)C(N)=O)[C@H]1C)/[C@@H](CC)[C@@H]2C. The second-order valence-corrected chi connectivity index (χ2v) is 18.2. The van der Waals surface area contributed by atoms with Crippen molar-refractivity contribution in [2.75, 3.05) is 20.7 Å². The van der Waals surface area contributed by atoms with E-state index in [1.165, 1.54) is 27.3 Å². The maximum absolute atomic E-state index is 14.5.